The molecular formula is C79H139N2O33P. The van der Waals surface area contributed by atoms with E-state index < -0.39 is 162 Å². The molecule has 0 aromatic heterocycles. The fourth-order valence-electron chi connectivity index (χ4n) is 13.9. The second kappa shape index (κ2) is 58.3. The van der Waals surface area contributed by atoms with Gasteiger partial charge >= 0.3 is 7.60 Å². The number of ketones is 6. The number of amides is 2. The predicted octanol–water partition coefficient (Wildman–Crippen LogP) is 2.44. The van der Waals surface area contributed by atoms with Crippen LogP contribution in [0.2, 0.25) is 0 Å². The third-order valence-corrected chi connectivity index (χ3v) is 23.1. The third-order valence-electron chi connectivity index (χ3n) is 21.3. The summed E-state index contributed by atoms with van der Waals surface area (Å²) in [4.78, 5) is 115. The molecule has 4 fully saturated rings. The maximum atomic E-state index is 14.0. The van der Waals surface area contributed by atoms with E-state index in [1.165, 1.54) is 0 Å². The van der Waals surface area contributed by atoms with Gasteiger partial charge in [-0.25, -0.2) is 0 Å². The average molecular weight is 1680 g/mol. The van der Waals surface area contributed by atoms with Gasteiger partial charge in [0.05, 0.1) is 64.4 Å². The van der Waals surface area contributed by atoms with Crippen molar-refractivity contribution in [1.82, 2.24) is 10.6 Å². The first kappa shape index (κ1) is 104. The molecule has 115 heavy (non-hydrogen) atoms. The molecule has 1 saturated carbocycles. The van der Waals surface area contributed by atoms with E-state index in [-0.39, 0.29) is 164 Å². The molecule has 668 valence electrons. The minimum Gasteiger partial charge on any atom is -0.394 e. The van der Waals surface area contributed by atoms with Crippen molar-refractivity contribution in [3.63, 3.8) is 0 Å². The molecule has 3 saturated heterocycles. The molecule has 35 nitrogen and oxygen atoms in total. The number of unbranched alkanes of at least 4 members (excludes halogenated alkanes) is 15. The zero-order valence-electron chi connectivity index (χ0n) is 67.6. The minimum atomic E-state index is -3.83. The molecule has 36 heteroatoms. The molecule has 3 heterocycles. The highest BCUT2D eigenvalue weighted by molar-refractivity contribution is 7.53. The van der Waals surface area contributed by atoms with Gasteiger partial charge in [-0.3, -0.25) is 42.9 Å². The summed E-state index contributed by atoms with van der Waals surface area (Å²) < 4.78 is 68.9. The van der Waals surface area contributed by atoms with Crippen molar-refractivity contribution in [2.45, 2.75) is 361 Å². The Kier molecular flexibility index (Phi) is 52.5. The van der Waals surface area contributed by atoms with Crippen molar-refractivity contribution in [3.05, 3.63) is 0 Å². The van der Waals surface area contributed by atoms with Gasteiger partial charge in [0.15, 0.2) is 18.9 Å². The van der Waals surface area contributed by atoms with E-state index in [9.17, 15) is 114 Å². The molecule has 0 spiro atoms. The summed E-state index contributed by atoms with van der Waals surface area (Å²) in [5, 5.41) is 135. The third kappa shape index (κ3) is 40.6. The van der Waals surface area contributed by atoms with Gasteiger partial charge in [-0.15, -0.1) is 0 Å². The van der Waals surface area contributed by atoms with Crippen LogP contribution in [0.5, 0.6) is 0 Å². The molecule has 0 bridgehead atoms. The van der Waals surface area contributed by atoms with Crippen molar-refractivity contribution >= 4 is 54.1 Å². The van der Waals surface area contributed by atoms with Crippen LogP contribution in [0.3, 0.4) is 0 Å². The number of aliphatic hydroxyl groups excluding tert-OH is 13. The van der Waals surface area contributed by atoms with Gasteiger partial charge in [0.25, 0.3) is 5.91 Å². The fourth-order valence-corrected chi connectivity index (χ4v) is 14.6. The Hall–Kier alpha value is -3.77. The Balaban J connectivity index is 1.30. The van der Waals surface area contributed by atoms with Crippen molar-refractivity contribution in [2.24, 2.45) is 11.8 Å². The molecule has 2 amide bonds. The zero-order valence-corrected chi connectivity index (χ0v) is 68.5. The highest BCUT2D eigenvalue weighted by atomic mass is 31.2. The number of rotatable bonds is 68. The number of carbonyl (C=O) groups excluding carboxylic acids is 8. The monoisotopic (exact) mass is 1670 g/mol. The lowest BCUT2D eigenvalue weighted by molar-refractivity contribution is -0.301. The minimum absolute atomic E-state index is 0.00596. The summed E-state index contributed by atoms with van der Waals surface area (Å²) in [5.41, 5.74) is -0.592. The molecule has 20 atom stereocenters. The number of hydrogen-bond acceptors (Lipinski definition) is 32. The Labute approximate surface area is 675 Å². The topological polar surface area (TPSA) is 553 Å². The van der Waals surface area contributed by atoms with E-state index in [4.69, 9.17) is 47.2 Å². The molecule has 16 N–H and O–H groups in total. The number of nitrogens with one attached hydrogen (secondary N) is 2. The number of Topliss-reactive ketones (excluding diaryl/α,β-unsaturated/α-hetero) is 6. The first-order valence-electron chi connectivity index (χ1n) is 41.9. The molecule has 0 radical (unpaired) electrons. The van der Waals surface area contributed by atoms with Crippen LogP contribution >= 0.6 is 7.60 Å². The summed E-state index contributed by atoms with van der Waals surface area (Å²) in [6.07, 6.45) is -6.23. The first-order chi connectivity index (χ1) is 55.0. The van der Waals surface area contributed by atoms with Gasteiger partial charge < -0.3 is 129 Å². The molecule has 9 unspecified atom stereocenters. The average Bonchev–Trinajstić information content (AvgIpc) is 1.84. The summed E-state index contributed by atoms with van der Waals surface area (Å²) >= 11 is 0. The maximum absolute atomic E-state index is 14.0. The van der Waals surface area contributed by atoms with Crippen LogP contribution in [-0.4, -0.2) is 307 Å². The van der Waals surface area contributed by atoms with E-state index in [0.717, 1.165) is 32.1 Å². The lowest BCUT2D eigenvalue weighted by Crippen LogP contribution is -2.59. The number of ether oxygens (including phenoxy) is 9. The smallest absolute Gasteiger partial charge is 0.330 e. The first-order valence-corrected chi connectivity index (χ1v) is 43.6. The van der Waals surface area contributed by atoms with Gasteiger partial charge in [0, 0.05) is 109 Å². The molecule has 0 aromatic carbocycles. The highest BCUT2D eigenvalue weighted by Crippen LogP contribution is 2.49. The molecular weight excluding hydrogens is 1540 g/mol. The molecule has 4 aliphatic rings. The largest absolute Gasteiger partial charge is 0.394 e. The zero-order chi connectivity index (χ0) is 84.7. The Morgan fingerprint density at radius 1 is 0.400 bits per heavy atom. The van der Waals surface area contributed by atoms with Crippen LogP contribution in [0.1, 0.15) is 251 Å². The SMILES string of the molecule is CC(C)P(=O)(O)OC[C@@H]1C[C@@H](O)CC1C(=O)CCCCCCCCCCC(=O)NC(COCCC(=O)CCCCCC(=O)CCCCO[C@@H]1OC(CO)[C@H](O)[C@H](O)C1O)(OCCC(=O)CCCCCC(=O)CCCCO[C@@H]1OC(CO)[C@H](O)[C@H](O)C1O)OCCC(=O)NCCCCC(=O)CCCCO[C@@H]1OC(CO)[C@H](O)[C@H](O)C1O. The molecule has 4 rings (SSSR count). The lowest BCUT2D eigenvalue weighted by Gasteiger charge is -2.39. The maximum Gasteiger partial charge on any atom is 0.330 e. The van der Waals surface area contributed by atoms with Crippen LogP contribution in [0.4, 0.5) is 0 Å². The van der Waals surface area contributed by atoms with Crippen LogP contribution in [0, 0.1) is 11.8 Å². The lowest BCUT2D eigenvalue weighted by atomic mass is 9.90. The fraction of sp³-hybridized carbons (Fsp3) is 0.899. The Bertz CT molecular complexity index is 2720. The van der Waals surface area contributed by atoms with E-state index >= 15 is 0 Å². The predicted molar refractivity (Wildman–Crippen MR) is 411 cm³/mol. The second-order valence-corrected chi connectivity index (χ2v) is 33.7. The summed E-state index contributed by atoms with van der Waals surface area (Å²) in [7, 11) is -3.83. The van der Waals surface area contributed by atoms with Gasteiger partial charge in [0.2, 0.25) is 11.8 Å². The number of aliphatic hydroxyl groups is 13. The molecule has 1 aliphatic carbocycles. The van der Waals surface area contributed by atoms with Crippen LogP contribution in [-0.2, 0) is 90.1 Å². The molecule has 3 aliphatic heterocycles. The normalized spacial score (nSPS) is 27.5. The quantitative estimate of drug-likeness (QED) is 0.0236. The van der Waals surface area contributed by atoms with E-state index in [1.807, 2.05) is 0 Å². The van der Waals surface area contributed by atoms with Crippen molar-refractivity contribution in [2.75, 3.05) is 79.2 Å². The van der Waals surface area contributed by atoms with E-state index in [1.54, 1.807) is 13.8 Å². The van der Waals surface area contributed by atoms with Crippen LogP contribution in [0.15, 0.2) is 0 Å². The second-order valence-electron chi connectivity index (χ2n) is 31.2. The van der Waals surface area contributed by atoms with Crippen molar-refractivity contribution in [1.29, 1.82) is 0 Å². The summed E-state index contributed by atoms with van der Waals surface area (Å²) in [6.45, 7) is 0.654. The summed E-state index contributed by atoms with van der Waals surface area (Å²) in [6, 6.07) is 0. The van der Waals surface area contributed by atoms with Crippen molar-refractivity contribution < 1.29 is 161 Å². The van der Waals surface area contributed by atoms with Gasteiger partial charge in [0.1, 0.15) is 115 Å². The van der Waals surface area contributed by atoms with Gasteiger partial charge in [-0.2, -0.15) is 0 Å². The van der Waals surface area contributed by atoms with Crippen LogP contribution < -0.4 is 10.6 Å². The van der Waals surface area contributed by atoms with E-state index in [2.05, 4.69) is 10.6 Å². The number of hydrogen-bond donors (Lipinski definition) is 16. The van der Waals surface area contributed by atoms with Crippen molar-refractivity contribution in [3.8, 4) is 0 Å². The van der Waals surface area contributed by atoms with Crippen LogP contribution in [0.25, 0.3) is 0 Å². The molecule has 0 aromatic rings. The Morgan fingerprint density at radius 3 is 1.16 bits per heavy atom. The highest BCUT2D eigenvalue weighted by Gasteiger charge is 2.47. The number of carbonyl (C=O) groups is 8. The van der Waals surface area contributed by atoms with Gasteiger partial charge in [-0.1, -0.05) is 65.2 Å². The standard InChI is InChI=1S/C79H139N2O33P/c1-52(2)115(103,104)111-50-53-45-59(90)46-60(53)61(91)33-15-7-5-3-4-6-8-16-34-66(93)81-79(109-43-36-58(89)28-14-10-12-26-55(86)31-19-23-40-107-77-74(101)71(98)68(95)63(48-83)113-77,110-44-37-65(92)80-38-21-17-29-56(87)32-20-24-41-108-78-75(102)72(99)69(96)64(49-84)114-78)51-105-42-35-57(88)27-13-9-11-25-54(85)30-18-22-39-106-76-73(100)70(97)67(94)62(47-82)112-76/h52-53,59-60,62-64,67-78,82-84,90,94-102H,3-51H2,1-2H3,(H,80,92)(H,81,93)(H,103,104)/t53-,59+,60?,62?,63?,64?,67-,68-,69-,70-,71-,72-,73?,74?,75?,76+,77+,78+,79?/m0/s1. The summed E-state index contributed by atoms with van der Waals surface area (Å²) in [5.74, 6) is -4.02. The van der Waals surface area contributed by atoms with E-state index in [0.29, 0.717) is 135 Å². The van der Waals surface area contributed by atoms with Gasteiger partial charge in [-0.05, 0) is 109 Å². The Morgan fingerprint density at radius 2 is 0.748 bits per heavy atom.